The minimum Gasteiger partial charge on any atom is -0.325 e. The Balaban J connectivity index is 1.61. The monoisotopic (exact) mass is 475 g/mol. The molecular weight excluding hydrogens is 458 g/mol. The van der Waals surface area contributed by atoms with E-state index in [4.69, 9.17) is 11.6 Å². The van der Waals surface area contributed by atoms with Gasteiger partial charge in [0, 0.05) is 33.6 Å². The van der Waals surface area contributed by atoms with Gasteiger partial charge in [-0.1, -0.05) is 35.5 Å². The van der Waals surface area contributed by atoms with Gasteiger partial charge in [0.05, 0.1) is 10.6 Å². The summed E-state index contributed by atoms with van der Waals surface area (Å²) in [5, 5.41) is 8.16. The number of aromatic nitrogens is 2. The van der Waals surface area contributed by atoms with E-state index in [0.717, 1.165) is 16.0 Å². The van der Waals surface area contributed by atoms with Crippen molar-refractivity contribution in [3.8, 4) is 10.4 Å². The van der Waals surface area contributed by atoms with Gasteiger partial charge in [0.15, 0.2) is 5.16 Å². The van der Waals surface area contributed by atoms with Crippen molar-refractivity contribution in [2.75, 3.05) is 5.32 Å². The van der Waals surface area contributed by atoms with E-state index in [1.54, 1.807) is 37.4 Å². The summed E-state index contributed by atoms with van der Waals surface area (Å²) >= 11 is 10.4. The fraction of sp³-hybridized carbons (Fsp3) is 0.190. The first-order chi connectivity index (χ1) is 14.4. The summed E-state index contributed by atoms with van der Waals surface area (Å²) in [5.41, 5.74) is 2.30. The van der Waals surface area contributed by atoms with E-state index < -0.39 is 5.25 Å². The minimum atomic E-state index is -0.448. The summed E-state index contributed by atoms with van der Waals surface area (Å²) in [4.78, 5) is 32.2. The smallest absolute Gasteiger partial charge is 0.263 e. The minimum absolute atomic E-state index is 0.106. The van der Waals surface area contributed by atoms with Crippen molar-refractivity contribution < 1.29 is 4.79 Å². The van der Waals surface area contributed by atoms with Crippen LogP contribution in [0.1, 0.15) is 12.5 Å². The number of thioether (sulfide) groups is 1. The number of carbonyl (C=O) groups is 1. The third kappa shape index (κ3) is 3.92. The van der Waals surface area contributed by atoms with Crippen LogP contribution < -0.4 is 10.9 Å². The maximum absolute atomic E-state index is 13.1. The van der Waals surface area contributed by atoms with Gasteiger partial charge in [-0.15, -0.1) is 22.7 Å². The lowest BCUT2D eigenvalue weighted by molar-refractivity contribution is -0.115. The molecule has 0 aliphatic heterocycles. The lowest BCUT2D eigenvalue weighted by Gasteiger charge is -2.15. The van der Waals surface area contributed by atoms with Crippen LogP contribution in [-0.4, -0.2) is 20.7 Å². The van der Waals surface area contributed by atoms with E-state index in [1.165, 1.54) is 27.7 Å². The Labute approximate surface area is 190 Å². The highest BCUT2D eigenvalue weighted by Gasteiger charge is 2.21. The van der Waals surface area contributed by atoms with Gasteiger partial charge in [0.2, 0.25) is 5.91 Å². The van der Waals surface area contributed by atoms with E-state index in [-0.39, 0.29) is 11.5 Å². The zero-order chi connectivity index (χ0) is 21.4. The molecular formula is C21H18ClN3O2S3. The van der Waals surface area contributed by atoms with Crippen molar-refractivity contribution in [1.82, 2.24) is 9.55 Å². The average molecular weight is 476 g/mol. The molecule has 0 fully saturated rings. The van der Waals surface area contributed by atoms with Crippen LogP contribution in [0.25, 0.3) is 20.7 Å². The van der Waals surface area contributed by atoms with Crippen LogP contribution in [-0.2, 0) is 11.8 Å². The number of nitrogens with one attached hydrogen (secondary N) is 1. The largest absolute Gasteiger partial charge is 0.325 e. The number of nitrogens with zero attached hydrogens (tertiary/aromatic N) is 2. The Morgan fingerprint density at radius 1 is 1.27 bits per heavy atom. The number of amides is 1. The van der Waals surface area contributed by atoms with Crippen LogP contribution in [0, 0.1) is 6.92 Å². The molecule has 1 amide bonds. The Kier molecular flexibility index (Phi) is 6.02. The Hall–Kier alpha value is -2.13. The molecule has 3 aromatic heterocycles. The molecule has 0 aliphatic rings. The second-order valence-electron chi connectivity index (χ2n) is 6.73. The number of rotatable bonds is 5. The van der Waals surface area contributed by atoms with Gasteiger partial charge in [-0.05, 0) is 43.0 Å². The summed E-state index contributed by atoms with van der Waals surface area (Å²) in [6.07, 6.45) is 0. The second kappa shape index (κ2) is 8.55. The van der Waals surface area contributed by atoms with Crippen LogP contribution in [0.15, 0.2) is 51.0 Å². The fourth-order valence-corrected chi connectivity index (χ4v) is 5.81. The third-order valence-corrected chi connectivity index (χ3v) is 8.07. The molecule has 1 aromatic carbocycles. The van der Waals surface area contributed by atoms with Gasteiger partial charge in [0.1, 0.15) is 4.83 Å². The van der Waals surface area contributed by atoms with Crippen LogP contribution >= 0.6 is 46.0 Å². The molecule has 3 heterocycles. The predicted octanol–water partition coefficient (Wildman–Crippen LogP) is 5.80. The standard InChI is InChI=1S/C21H18ClN3O2S3/c1-11-14(22)6-4-7-15(11)23-18(26)12(2)30-21-24-19-17(20(27)25(21)3)13(10-29-19)16-8-5-9-28-16/h4-10,12H,1-3H3,(H,23,26). The summed E-state index contributed by atoms with van der Waals surface area (Å²) in [5.74, 6) is -0.176. The zero-order valence-electron chi connectivity index (χ0n) is 16.4. The van der Waals surface area contributed by atoms with Gasteiger partial charge < -0.3 is 5.32 Å². The molecule has 0 saturated carbocycles. The highest BCUT2D eigenvalue weighted by molar-refractivity contribution is 8.00. The summed E-state index contributed by atoms with van der Waals surface area (Å²) in [7, 11) is 1.69. The topological polar surface area (TPSA) is 64.0 Å². The zero-order valence-corrected chi connectivity index (χ0v) is 19.6. The van der Waals surface area contributed by atoms with Gasteiger partial charge in [0.25, 0.3) is 5.56 Å². The number of thiophene rings is 2. The molecule has 30 heavy (non-hydrogen) atoms. The van der Waals surface area contributed by atoms with Gasteiger partial charge in [-0.25, -0.2) is 4.98 Å². The summed E-state index contributed by atoms with van der Waals surface area (Å²) in [6.45, 7) is 3.65. The fourth-order valence-electron chi connectivity index (χ4n) is 2.96. The maximum atomic E-state index is 13.1. The number of hydrogen-bond acceptors (Lipinski definition) is 6. The van der Waals surface area contributed by atoms with Crippen molar-refractivity contribution >= 4 is 67.8 Å². The first-order valence-electron chi connectivity index (χ1n) is 9.11. The molecule has 0 saturated heterocycles. The molecule has 0 aliphatic carbocycles. The lowest BCUT2D eigenvalue weighted by Crippen LogP contribution is -2.25. The van der Waals surface area contributed by atoms with Crippen molar-refractivity contribution in [3.05, 3.63) is 62.0 Å². The van der Waals surface area contributed by atoms with Crippen LogP contribution in [0.2, 0.25) is 5.02 Å². The highest BCUT2D eigenvalue weighted by Crippen LogP contribution is 2.35. The predicted molar refractivity (Wildman–Crippen MR) is 128 cm³/mol. The Morgan fingerprint density at radius 2 is 2.07 bits per heavy atom. The van der Waals surface area contributed by atoms with E-state index in [1.807, 2.05) is 35.9 Å². The summed E-state index contributed by atoms with van der Waals surface area (Å²) < 4.78 is 1.52. The van der Waals surface area contributed by atoms with Crippen LogP contribution in [0.3, 0.4) is 0 Å². The third-order valence-electron chi connectivity index (χ3n) is 4.74. The summed E-state index contributed by atoms with van der Waals surface area (Å²) in [6, 6.07) is 9.36. The van der Waals surface area contributed by atoms with Crippen molar-refractivity contribution in [2.24, 2.45) is 7.05 Å². The van der Waals surface area contributed by atoms with E-state index in [2.05, 4.69) is 10.3 Å². The molecule has 4 aromatic rings. The normalized spacial score (nSPS) is 12.3. The van der Waals surface area contributed by atoms with Crippen molar-refractivity contribution in [3.63, 3.8) is 0 Å². The molecule has 4 rings (SSSR count). The second-order valence-corrected chi connectivity index (χ2v) is 10.2. The SMILES string of the molecule is Cc1c(Cl)cccc1NC(=O)C(C)Sc1nc2scc(-c3cccs3)c2c(=O)n1C. The number of carbonyl (C=O) groups excluding carboxylic acids is 1. The molecule has 5 nitrogen and oxygen atoms in total. The number of fused-ring (bicyclic) bond motifs is 1. The maximum Gasteiger partial charge on any atom is 0.263 e. The number of hydrogen-bond donors (Lipinski definition) is 1. The van der Waals surface area contributed by atoms with E-state index in [0.29, 0.717) is 26.1 Å². The lowest BCUT2D eigenvalue weighted by atomic mass is 10.2. The molecule has 1 atom stereocenters. The Morgan fingerprint density at radius 3 is 2.80 bits per heavy atom. The van der Waals surface area contributed by atoms with Crippen LogP contribution in [0.4, 0.5) is 5.69 Å². The van der Waals surface area contributed by atoms with Gasteiger partial charge >= 0.3 is 0 Å². The number of anilines is 1. The molecule has 1 unspecified atom stereocenters. The molecule has 9 heteroatoms. The van der Waals surface area contributed by atoms with Crippen molar-refractivity contribution in [1.29, 1.82) is 0 Å². The molecule has 154 valence electrons. The first kappa shape index (κ1) is 21.1. The van der Waals surface area contributed by atoms with E-state index >= 15 is 0 Å². The number of halogens is 1. The van der Waals surface area contributed by atoms with Gasteiger partial charge in [-0.3, -0.25) is 14.2 Å². The Bertz CT molecular complexity index is 1300. The molecule has 0 radical (unpaired) electrons. The van der Waals surface area contributed by atoms with Gasteiger partial charge in [-0.2, -0.15) is 0 Å². The first-order valence-corrected chi connectivity index (χ1v) is 12.1. The number of benzene rings is 1. The van der Waals surface area contributed by atoms with Crippen molar-refractivity contribution in [2.45, 2.75) is 24.3 Å². The molecule has 1 N–H and O–H groups in total. The average Bonchev–Trinajstić information content (AvgIpc) is 3.38. The van der Waals surface area contributed by atoms with Crippen LogP contribution in [0.5, 0.6) is 0 Å². The quantitative estimate of drug-likeness (QED) is 0.292. The molecule has 0 spiro atoms. The molecule has 0 bridgehead atoms. The van der Waals surface area contributed by atoms with E-state index in [9.17, 15) is 9.59 Å². The highest BCUT2D eigenvalue weighted by atomic mass is 35.5.